The first-order chi connectivity index (χ1) is 13.0. The Kier molecular flexibility index (Phi) is 6.32. The van der Waals surface area contributed by atoms with Gasteiger partial charge < -0.3 is 21.1 Å². The van der Waals surface area contributed by atoms with E-state index in [9.17, 15) is 9.59 Å². The number of halogens is 1. The average molecular weight is 388 g/mol. The maximum absolute atomic E-state index is 12.1. The van der Waals surface area contributed by atoms with Gasteiger partial charge in [0.05, 0.1) is 6.04 Å². The van der Waals surface area contributed by atoms with Gasteiger partial charge in [-0.1, -0.05) is 48.0 Å². The fourth-order valence-corrected chi connectivity index (χ4v) is 3.26. The fourth-order valence-electron chi connectivity index (χ4n) is 3.07. The third-order valence-corrected chi connectivity index (χ3v) is 4.73. The Hall–Kier alpha value is -2.57. The number of aryl methyl sites for hydroxylation is 1. The van der Waals surface area contributed by atoms with Crippen LogP contribution in [0.2, 0.25) is 5.02 Å². The number of urea groups is 1. The summed E-state index contributed by atoms with van der Waals surface area (Å²) in [6.45, 7) is 0.153. The van der Waals surface area contributed by atoms with E-state index in [2.05, 4.69) is 10.6 Å². The van der Waals surface area contributed by atoms with Gasteiger partial charge >= 0.3 is 12.0 Å². The lowest BCUT2D eigenvalue weighted by molar-refractivity contribution is -0.146. The number of nitrogens with one attached hydrogen (secondary N) is 2. The molecule has 0 heterocycles. The normalized spacial score (nSPS) is 16.3. The van der Waals surface area contributed by atoms with Crippen LogP contribution >= 0.6 is 11.6 Å². The van der Waals surface area contributed by atoms with Crippen molar-refractivity contribution < 1.29 is 14.3 Å². The van der Waals surface area contributed by atoms with Gasteiger partial charge in [-0.05, 0) is 41.7 Å². The summed E-state index contributed by atoms with van der Waals surface area (Å²) in [5, 5.41) is 6.23. The van der Waals surface area contributed by atoms with E-state index >= 15 is 0 Å². The van der Waals surface area contributed by atoms with Crippen LogP contribution in [0.25, 0.3) is 0 Å². The molecule has 0 bridgehead atoms. The van der Waals surface area contributed by atoms with Gasteiger partial charge in [-0.3, -0.25) is 4.79 Å². The predicted octanol–water partition coefficient (Wildman–Crippen LogP) is 2.70. The molecule has 1 aliphatic rings. The molecule has 2 atom stereocenters. The van der Waals surface area contributed by atoms with Crippen LogP contribution in [0.4, 0.5) is 4.79 Å². The van der Waals surface area contributed by atoms with E-state index in [1.54, 1.807) is 0 Å². The first kappa shape index (κ1) is 19.2. The van der Waals surface area contributed by atoms with E-state index < -0.39 is 12.0 Å². The molecule has 27 heavy (non-hydrogen) atoms. The lowest BCUT2D eigenvalue weighted by atomic mass is 10.1. The molecule has 0 saturated carbocycles. The maximum Gasteiger partial charge on any atom is 0.325 e. The Morgan fingerprint density at radius 3 is 2.78 bits per heavy atom. The molecule has 1 unspecified atom stereocenters. The highest BCUT2D eigenvalue weighted by atomic mass is 35.5. The summed E-state index contributed by atoms with van der Waals surface area (Å²) in [6.07, 6.45) is 1.68. The zero-order chi connectivity index (χ0) is 19.2. The molecule has 2 aromatic carbocycles. The van der Waals surface area contributed by atoms with E-state index in [1.165, 1.54) is 0 Å². The Morgan fingerprint density at radius 2 is 2.00 bits per heavy atom. The van der Waals surface area contributed by atoms with E-state index in [0.717, 1.165) is 29.5 Å². The van der Waals surface area contributed by atoms with Crippen molar-refractivity contribution in [3.05, 3.63) is 70.2 Å². The van der Waals surface area contributed by atoms with Gasteiger partial charge in [0.15, 0.2) is 0 Å². The Labute approximate surface area is 163 Å². The number of nitrogens with two attached hydrogens (primary N) is 1. The highest BCUT2D eigenvalue weighted by Gasteiger charge is 2.24. The minimum atomic E-state index is -0.922. The van der Waals surface area contributed by atoms with Gasteiger partial charge in [0, 0.05) is 11.6 Å². The van der Waals surface area contributed by atoms with Crippen molar-refractivity contribution in [2.75, 3.05) is 6.54 Å². The lowest BCUT2D eigenvalue weighted by Crippen LogP contribution is -2.47. The number of benzene rings is 2. The van der Waals surface area contributed by atoms with Gasteiger partial charge in [-0.25, -0.2) is 4.79 Å². The molecule has 2 amide bonds. The van der Waals surface area contributed by atoms with Gasteiger partial charge in [0.2, 0.25) is 0 Å². The average Bonchev–Trinajstić information content (AvgIpc) is 3.06. The van der Waals surface area contributed by atoms with Gasteiger partial charge in [0.25, 0.3) is 0 Å². The van der Waals surface area contributed by atoms with Crippen molar-refractivity contribution in [3.8, 4) is 0 Å². The number of amides is 2. The summed E-state index contributed by atoms with van der Waals surface area (Å²) in [6, 6.07) is 13.6. The van der Waals surface area contributed by atoms with E-state index in [1.807, 2.05) is 48.5 Å². The molecule has 0 saturated heterocycles. The Morgan fingerprint density at radius 1 is 1.22 bits per heavy atom. The molecule has 0 aliphatic heterocycles. The molecular weight excluding hydrogens is 366 g/mol. The summed E-state index contributed by atoms with van der Waals surface area (Å²) in [4.78, 5) is 24.1. The van der Waals surface area contributed by atoms with Crippen LogP contribution in [0, 0.1) is 0 Å². The topological polar surface area (TPSA) is 93.5 Å². The predicted molar refractivity (Wildman–Crippen MR) is 103 cm³/mol. The summed E-state index contributed by atoms with van der Waals surface area (Å²) in [5.74, 6) is -0.556. The van der Waals surface area contributed by atoms with Crippen molar-refractivity contribution in [2.24, 2.45) is 5.73 Å². The molecule has 3 rings (SSSR count). The zero-order valence-electron chi connectivity index (χ0n) is 14.8. The molecule has 0 spiro atoms. The molecule has 2 aromatic rings. The van der Waals surface area contributed by atoms with Crippen LogP contribution in [-0.2, 0) is 22.6 Å². The molecular formula is C20H22ClN3O3. The number of fused-ring (bicyclic) bond motifs is 1. The molecule has 0 radical (unpaired) electrons. The van der Waals surface area contributed by atoms with Gasteiger partial charge in [-0.2, -0.15) is 0 Å². The number of carbonyl (C=O) groups excluding carboxylic acids is 2. The van der Waals surface area contributed by atoms with Crippen LogP contribution in [0.3, 0.4) is 0 Å². The van der Waals surface area contributed by atoms with Gasteiger partial charge in [-0.15, -0.1) is 0 Å². The SMILES string of the molecule is N[C@@H](CNC(=O)NC1CCc2cc(Cl)ccc21)C(=O)OCc1ccccc1. The second-order valence-corrected chi connectivity index (χ2v) is 6.92. The highest BCUT2D eigenvalue weighted by Crippen LogP contribution is 2.32. The third-order valence-electron chi connectivity index (χ3n) is 4.50. The molecule has 1 aliphatic carbocycles. The third kappa shape index (κ3) is 5.21. The highest BCUT2D eigenvalue weighted by molar-refractivity contribution is 6.30. The molecule has 0 aromatic heterocycles. The Bertz CT molecular complexity index is 813. The monoisotopic (exact) mass is 387 g/mol. The number of carbonyl (C=O) groups is 2. The fraction of sp³-hybridized carbons (Fsp3) is 0.300. The number of ether oxygens (including phenoxy) is 1. The molecule has 6 nitrogen and oxygen atoms in total. The second-order valence-electron chi connectivity index (χ2n) is 6.49. The number of rotatable bonds is 6. The van der Waals surface area contributed by atoms with E-state index in [0.29, 0.717) is 5.02 Å². The summed E-state index contributed by atoms with van der Waals surface area (Å²) in [5.41, 5.74) is 8.90. The zero-order valence-corrected chi connectivity index (χ0v) is 15.5. The first-order valence-electron chi connectivity index (χ1n) is 8.82. The van der Waals surface area contributed by atoms with Crippen molar-refractivity contribution in [1.82, 2.24) is 10.6 Å². The minimum absolute atomic E-state index is 0.000346. The number of hydrogen-bond donors (Lipinski definition) is 3. The van der Waals surface area contributed by atoms with Crippen molar-refractivity contribution >= 4 is 23.6 Å². The van der Waals surface area contributed by atoms with E-state index in [4.69, 9.17) is 22.1 Å². The second kappa shape index (κ2) is 8.88. The van der Waals surface area contributed by atoms with Crippen molar-refractivity contribution in [3.63, 3.8) is 0 Å². The lowest BCUT2D eigenvalue weighted by Gasteiger charge is -2.17. The van der Waals surface area contributed by atoms with Crippen molar-refractivity contribution in [2.45, 2.75) is 31.5 Å². The molecule has 7 heteroatoms. The quantitative estimate of drug-likeness (QED) is 0.664. The summed E-state index contributed by atoms with van der Waals surface area (Å²) in [7, 11) is 0. The number of hydrogen-bond acceptors (Lipinski definition) is 4. The van der Waals surface area contributed by atoms with Crippen LogP contribution < -0.4 is 16.4 Å². The summed E-state index contributed by atoms with van der Waals surface area (Å²) < 4.78 is 5.17. The first-order valence-corrected chi connectivity index (χ1v) is 9.19. The van der Waals surface area contributed by atoms with Crippen molar-refractivity contribution in [1.29, 1.82) is 0 Å². The molecule has 0 fully saturated rings. The molecule has 142 valence electrons. The van der Waals surface area contributed by atoms with Crippen LogP contribution in [-0.4, -0.2) is 24.6 Å². The molecule has 4 N–H and O–H groups in total. The van der Waals surface area contributed by atoms with Crippen LogP contribution in [0.1, 0.15) is 29.2 Å². The number of esters is 1. The van der Waals surface area contributed by atoms with E-state index in [-0.39, 0.29) is 25.2 Å². The maximum atomic E-state index is 12.1. The largest absolute Gasteiger partial charge is 0.460 e. The smallest absolute Gasteiger partial charge is 0.325 e. The van der Waals surface area contributed by atoms with Crippen LogP contribution in [0.15, 0.2) is 48.5 Å². The van der Waals surface area contributed by atoms with Crippen LogP contribution in [0.5, 0.6) is 0 Å². The minimum Gasteiger partial charge on any atom is -0.460 e. The standard InChI is InChI=1S/C20H22ClN3O3/c21-15-7-8-16-14(10-15)6-9-18(16)24-20(26)23-11-17(22)19(25)27-12-13-4-2-1-3-5-13/h1-5,7-8,10,17-18H,6,9,11-12,22H2,(H2,23,24,26)/t17-,18?/m0/s1. The summed E-state index contributed by atoms with van der Waals surface area (Å²) >= 11 is 6.00. The van der Waals surface area contributed by atoms with Gasteiger partial charge in [0.1, 0.15) is 12.6 Å². The Balaban J connectivity index is 1.42.